The van der Waals surface area contributed by atoms with Gasteiger partial charge in [-0.05, 0) is 36.8 Å². The predicted molar refractivity (Wildman–Crippen MR) is 72.1 cm³/mol. The molecule has 0 atom stereocenters. The summed E-state index contributed by atoms with van der Waals surface area (Å²) in [5, 5.41) is 3.95. The SMILES string of the molecule is Cc1cc(-c2noc(N)c2-c2ccncn2)ccc1F. The summed E-state index contributed by atoms with van der Waals surface area (Å²) in [6, 6.07) is 6.42. The third kappa shape index (κ3) is 2.01. The number of hydrogen-bond acceptors (Lipinski definition) is 5. The third-order valence-corrected chi connectivity index (χ3v) is 2.99. The van der Waals surface area contributed by atoms with Gasteiger partial charge in [-0.25, -0.2) is 14.4 Å². The second-order valence-corrected chi connectivity index (χ2v) is 4.33. The van der Waals surface area contributed by atoms with Gasteiger partial charge in [0.2, 0.25) is 5.88 Å². The van der Waals surface area contributed by atoms with Gasteiger partial charge in [0.1, 0.15) is 17.8 Å². The maximum atomic E-state index is 13.4. The Hall–Kier alpha value is -2.76. The van der Waals surface area contributed by atoms with Crippen LogP contribution in [0.3, 0.4) is 0 Å². The van der Waals surface area contributed by atoms with Gasteiger partial charge in [-0.3, -0.25) is 0 Å². The maximum absolute atomic E-state index is 13.4. The van der Waals surface area contributed by atoms with Crippen molar-refractivity contribution < 1.29 is 8.91 Å². The number of nitrogens with zero attached hydrogens (tertiary/aromatic N) is 3. The van der Waals surface area contributed by atoms with Crippen LogP contribution < -0.4 is 5.73 Å². The van der Waals surface area contributed by atoms with Gasteiger partial charge < -0.3 is 10.3 Å². The molecule has 0 aliphatic rings. The Bertz CT molecular complexity index is 755. The largest absolute Gasteiger partial charge is 0.367 e. The molecule has 100 valence electrons. The molecule has 0 amide bonds. The van der Waals surface area contributed by atoms with Crippen molar-refractivity contribution in [3.8, 4) is 22.5 Å². The maximum Gasteiger partial charge on any atom is 0.232 e. The molecule has 0 spiro atoms. The van der Waals surface area contributed by atoms with Crippen molar-refractivity contribution in [3.63, 3.8) is 0 Å². The van der Waals surface area contributed by atoms with Crippen LogP contribution in [0.5, 0.6) is 0 Å². The molecule has 2 heterocycles. The Kier molecular flexibility index (Phi) is 2.90. The van der Waals surface area contributed by atoms with E-state index in [1.54, 1.807) is 31.3 Å². The molecule has 2 aromatic heterocycles. The lowest BCUT2D eigenvalue weighted by Crippen LogP contribution is -1.91. The molecule has 0 saturated carbocycles. The van der Waals surface area contributed by atoms with Gasteiger partial charge in [0, 0.05) is 11.8 Å². The van der Waals surface area contributed by atoms with Gasteiger partial charge >= 0.3 is 0 Å². The number of halogens is 1. The quantitative estimate of drug-likeness (QED) is 0.774. The number of nitrogens with two attached hydrogens (primary N) is 1. The highest BCUT2D eigenvalue weighted by Crippen LogP contribution is 2.35. The Morgan fingerprint density at radius 3 is 2.80 bits per heavy atom. The van der Waals surface area contributed by atoms with E-state index < -0.39 is 0 Å². The Morgan fingerprint density at radius 1 is 1.25 bits per heavy atom. The molecule has 0 fully saturated rings. The molecule has 0 aliphatic carbocycles. The molecular formula is C14H11FN4O. The molecule has 0 unspecified atom stereocenters. The first kappa shape index (κ1) is 12.3. The number of aryl methyl sites for hydroxylation is 1. The van der Waals surface area contributed by atoms with Crippen LogP contribution >= 0.6 is 0 Å². The van der Waals surface area contributed by atoms with E-state index in [0.717, 1.165) is 5.56 Å². The second-order valence-electron chi connectivity index (χ2n) is 4.33. The fourth-order valence-electron chi connectivity index (χ4n) is 1.98. The first-order chi connectivity index (χ1) is 9.66. The lowest BCUT2D eigenvalue weighted by atomic mass is 10.0. The fourth-order valence-corrected chi connectivity index (χ4v) is 1.98. The average Bonchev–Trinajstić information content (AvgIpc) is 2.85. The minimum Gasteiger partial charge on any atom is -0.367 e. The molecule has 0 saturated heterocycles. The number of hydrogen-bond donors (Lipinski definition) is 1. The van der Waals surface area contributed by atoms with E-state index in [1.807, 2.05) is 0 Å². The van der Waals surface area contributed by atoms with E-state index in [2.05, 4.69) is 15.1 Å². The Balaban J connectivity index is 2.18. The number of rotatable bonds is 2. The van der Waals surface area contributed by atoms with Gasteiger partial charge in [-0.1, -0.05) is 5.16 Å². The molecule has 0 radical (unpaired) electrons. The molecule has 0 aliphatic heterocycles. The first-order valence-corrected chi connectivity index (χ1v) is 5.95. The van der Waals surface area contributed by atoms with Crippen LogP contribution in [0.1, 0.15) is 5.56 Å². The van der Waals surface area contributed by atoms with Gasteiger partial charge in [0.05, 0.1) is 11.3 Å². The van der Waals surface area contributed by atoms with E-state index in [4.69, 9.17) is 10.3 Å². The molecule has 0 bridgehead atoms. The molecule has 2 N–H and O–H groups in total. The molecule has 3 aromatic rings. The van der Waals surface area contributed by atoms with Gasteiger partial charge in [-0.15, -0.1) is 0 Å². The van der Waals surface area contributed by atoms with Crippen LogP contribution in [0.15, 0.2) is 41.3 Å². The number of aromatic nitrogens is 3. The van der Waals surface area contributed by atoms with Crippen molar-refractivity contribution in [1.82, 2.24) is 15.1 Å². The van der Waals surface area contributed by atoms with E-state index in [-0.39, 0.29) is 11.7 Å². The summed E-state index contributed by atoms with van der Waals surface area (Å²) in [6.45, 7) is 1.69. The number of benzene rings is 1. The monoisotopic (exact) mass is 270 g/mol. The lowest BCUT2D eigenvalue weighted by molar-refractivity contribution is 0.439. The fraction of sp³-hybridized carbons (Fsp3) is 0.0714. The standard InChI is InChI=1S/C14H11FN4O/c1-8-6-9(2-3-10(8)15)13-12(14(16)20-19-13)11-4-5-17-7-18-11/h2-7H,16H2,1H3. The number of anilines is 1. The highest BCUT2D eigenvalue weighted by molar-refractivity contribution is 5.85. The molecule has 6 heteroatoms. The molecule has 1 aromatic carbocycles. The van der Waals surface area contributed by atoms with Crippen molar-refractivity contribution in [2.24, 2.45) is 0 Å². The zero-order valence-electron chi connectivity index (χ0n) is 10.7. The van der Waals surface area contributed by atoms with E-state index in [9.17, 15) is 4.39 Å². The van der Waals surface area contributed by atoms with Crippen LogP contribution in [-0.4, -0.2) is 15.1 Å². The summed E-state index contributed by atoms with van der Waals surface area (Å²) >= 11 is 0. The third-order valence-electron chi connectivity index (χ3n) is 2.99. The number of nitrogen functional groups attached to an aromatic ring is 1. The van der Waals surface area contributed by atoms with Gasteiger partial charge in [0.25, 0.3) is 0 Å². The van der Waals surface area contributed by atoms with E-state index >= 15 is 0 Å². The molecule has 3 rings (SSSR count). The van der Waals surface area contributed by atoms with E-state index in [0.29, 0.717) is 22.5 Å². The zero-order valence-corrected chi connectivity index (χ0v) is 10.7. The van der Waals surface area contributed by atoms with Crippen LogP contribution in [0, 0.1) is 12.7 Å². The minimum absolute atomic E-state index is 0.167. The minimum atomic E-state index is -0.270. The lowest BCUT2D eigenvalue weighted by Gasteiger charge is -2.03. The molecule has 20 heavy (non-hydrogen) atoms. The predicted octanol–water partition coefficient (Wildman–Crippen LogP) is 2.83. The topological polar surface area (TPSA) is 77.8 Å². The van der Waals surface area contributed by atoms with E-state index in [1.165, 1.54) is 12.4 Å². The summed E-state index contributed by atoms with van der Waals surface area (Å²) in [5.41, 5.74) is 8.78. The highest BCUT2D eigenvalue weighted by Gasteiger charge is 2.18. The summed E-state index contributed by atoms with van der Waals surface area (Å²) in [7, 11) is 0. The van der Waals surface area contributed by atoms with Gasteiger partial charge in [0.15, 0.2) is 0 Å². The van der Waals surface area contributed by atoms with Crippen LogP contribution in [-0.2, 0) is 0 Å². The first-order valence-electron chi connectivity index (χ1n) is 5.95. The van der Waals surface area contributed by atoms with Crippen LogP contribution in [0.2, 0.25) is 0 Å². The highest BCUT2D eigenvalue weighted by atomic mass is 19.1. The van der Waals surface area contributed by atoms with Crippen LogP contribution in [0.25, 0.3) is 22.5 Å². The zero-order chi connectivity index (χ0) is 14.1. The smallest absolute Gasteiger partial charge is 0.232 e. The summed E-state index contributed by atoms with van der Waals surface area (Å²) in [6.07, 6.45) is 3.02. The van der Waals surface area contributed by atoms with Crippen molar-refractivity contribution in [2.75, 3.05) is 5.73 Å². The van der Waals surface area contributed by atoms with Crippen molar-refractivity contribution >= 4 is 5.88 Å². The summed E-state index contributed by atoms with van der Waals surface area (Å²) in [5.74, 6) is -0.102. The second kappa shape index (κ2) is 4.73. The summed E-state index contributed by atoms with van der Waals surface area (Å²) < 4.78 is 18.4. The van der Waals surface area contributed by atoms with Crippen molar-refractivity contribution in [3.05, 3.63) is 48.2 Å². The van der Waals surface area contributed by atoms with Gasteiger partial charge in [-0.2, -0.15) is 0 Å². The summed E-state index contributed by atoms with van der Waals surface area (Å²) in [4.78, 5) is 8.00. The molecular weight excluding hydrogens is 259 g/mol. The Labute approximate surface area is 114 Å². The Morgan fingerprint density at radius 2 is 2.10 bits per heavy atom. The van der Waals surface area contributed by atoms with Crippen LogP contribution in [0.4, 0.5) is 10.3 Å². The normalized spacial score (nSPS) is 10.7. The average molecular weight is 270 g/mol. The van der Waals surface area contributed by atoms with Crippen molar-refractivity contribution in [1.29, 1.82) is 0 Å². The van der Waals surface area contributed by atoms with Crippen molar-refractivity contribution in [2.45, 2.75) is 6.92 Å². The molecule has 5 nitrogen and oxygen atoms in total.